The van der Waals surface area contributed by atoms with Crippen molar-refractivity contribution in [2.45, 2.75) is 246 Å². The molecule has 0 aromatic rings. The van der Waals surface area contributed by atoms with Crippen LogP contribution in [0.25, 0.3) is 0 Å². The van der Waals surface area contributed by atoms with Gasteiger partial charge in [0.2, 0.25) is 5.91 Å². The first-order valence-electron chi connectivity index (χ1n) is 28.9. The van der Waals surface area contributed by atoms with Crippen LogP contribution in [0.15, 0.2) is 0 Å². The van der Waals surface area contributed by atoms with Gasteiger partial charge in [0.15, 0.2) is 0 Å². The van der Waals surface area contributed by atoms with Crippen LogP contribution in [0.2, 0.25) is 0 Å². The minimum absolute atomic E-state index is 0.00135. The maximum Gasteiger partial charge on any atom is 0.307 e. The first kappa shape index (κ1) is 68.2. The maximum atomic E-state index is 13.7. The molecule has 0 bridgehead atoms. The monoisotopic (exact) mass is 1050 g/mol. The molecule has 1 rings (SSSR count). The predicted octanol–water partition coefficient (Wildman–Crippen LogP) is 10.2. The summed E-state index contributed by atoms with van der Waals surface area (Å²) in [4.78, 5) is 92.0. The van der Waals surface area contributed by atoms with E-state index in [1.807, 2.05) is 0 Å². The van der Waals surface area contributed by atoms with Gasteiger partial charge in [-0.25, -0.2) is 0 Å². The second kappa shape index (κ2) is 45.4. The van der Waals surface area contributed by atoms with Crippen molar-refractivity contribution in [3.05, 3.63) is 0 Å². The number of ether oxygens (including phenoxy) is 8. The zero-order chi connectivity index (χ0) is 54.5. The number of esters is 6. The number of morpholine rings is 1. The molecule has 1 aliphatic heterocycles. The van der Waals surface area contributed by atoms with Crippen molar-refractivity contribution >= 4 is 41.7 Å². The lowest BCUT2D eigenvalue weighted by molar-refractivity contribution is -0.160. The summed E-state index contributed by atoms with van der Waals surface area (Å²) in [6.45, 7) is 15.5. The largest absolute Gasteiger partial charge is 0.465 e. The van der Waals surface area contributed by atoms with E-state index >= 15 is 0 Å². The highest BCUT2D eigenvalue weighted by molar-refractivity contribution is 5.82. The van der Waals surface area contributed by atoms with Gasteiger partial charge in [0.25, 0.3) is 0 Å². The molecule has 1 N–H and O–H groups in total. The van der Waals surface area contributed by atoms with Crippen molar-refractivity contribution in [1.29, 1.82) is 0 Å². The van der Waals surface area contributed by atoms with Gasteiger partial charge in [0.05, 0.1) is 26.2 Å². The van der Waals surface area contributed by atoms with E-state index < -0.39 is 53.5 Å². The lowest BCUT2D eigenvalue weighted by Crippen LogP contribution is -2.48. The molecule has 1 aliphatic rings. The second-order valence-electron chi connectivity index (χ2n) is 20.5. The number of rotatable bonds is 48. The molecule has 1 fully saturated rings. The molecular weight excluding hydrogens is 953 g/mol. The molecule has 0 aromatic carbocycles. The average molecular weight is 1060 g/mol. The standard InChI is InChI=1S/C57H102N2O15/c1-7-11-15-19-23-31-53(64)73-47(28-21-17-13-9-3)44-70-49(60)30-25-26-40-69-55(56(66)58-36-35-52(63)68-43-39-59-37-41-67-42-38-59)57(5,6)46-72-51(62)34-27-33-50(61)71-45-48(29-22-18-14-10-4)74-54(65)32-24-20-16-12-8-2/h47-48,55H,7-46H2,1-6H3,(H,58,66)/t47?,48?,55-/m0/s1. The molecule has 0 saturated carbocycles. The van der Waals surface area contributed by atoms with Crippen LogP contribution in [0.3, 0.4) is 0 Å². The van der Waals surface area contributed by atoms with E-state index in [-0.39, 0.29) is 83.6 Å². The van der Waals surface area contributed by atoms with E-state index in [2.05, 4.69) is 37.9 Å². The third kappa shape index (κ3) is 37.8. The zero-order valence-electron chi connectivity index (χ0n) is 47.1. The van der Waals surface area contributed by atoms with E-state index in [1.54, 1.807) is 13.8 Å². The molecule has 17 nitrogen and oxygen atoms in total. The molecule has 17 heteroatoms. The molecule has 2 unspecified atom stereocenters. The SMILES string of the molecule is CCCCCCCC(=O)OC(CCCCCC)COC(=O)CCCCO[C@@H](C(=O)NCCC(=O)OCCN1CCOCC1)C(C)(C)COC(=O)CCCC(=O)OCC(CCCCCC)OC(=O)CCCCCCC. The highest BCUT2D eigenvalue weighted by atomic mass is 16.6. The van der Waals surface area contributed by atoms with Crippen LogP contribution in [0, 0.1) is 5.41 Å². The number of nitrogens with zero attached hydrogens (tertiary/aromatic N) is 1. The van der Waals surface area contributed by atoms with Gasteiger partial charge in [-0.15, -0.1) is 0 Å². The summed E-state index contributed by atoms with van der Waals surface area (Å²) >= 11 is 0. The summed E-state index contributed by atoms with van der Waals surface area (Å²) in [6, 6.07) is 0. The highest BCUT2D eigenvalue weighted by Crippen LogP contribution is 2.26. The fourth-order valence-electron chi connectivity index (χ4n) is 8.29. The van der Waals surface area contributed by atoms with Crippen LogP contribution in [-0.4, -0.2) is 137 Å². The summed E-state index contributed by atoms with van der Waals surface area (Å²) in [5, 5.41) is 2.78. The Morgan fingerprint density at radius 3 is 1.43 bits per heavy atom. The lowest BCUT2D eigenvalue weighted by atomic mass is 9.86. The van der Waals surface area contributed by atoms with Crippen molar-refractivity contribution in [1.82, 2.24) is 10.2 Å². The molecule has 1 amide bonds. The molecule has 1 heterocycles. The molecule has 1 saturated heterocycles. The predicted molar refractivity (Wildman–Crippen MR) is 284 cm³/mol. The fraction of sp³-hybridized carbons (Fsp3) is 0.877. The smallest absolute Gasteiger partial charge is 0.307 e. The number of nitrogens with one attached hydrogen (secondary N) is 1. The van der Waals surface area contributed by atoms with Crippen molar-refractivity contribution in [3.8, 4) is 0 Å². The van der Waals surface area contributed by atoms with Crippen LogP contribution in [0.5, 0.6) is 0 Å². The van der Waals surface area contributed by atoms with E-state index in [9.17, 15) is 33.6 Å². The normalized spacial score (nSPS) is 14.1. The molecular formula is C57H102N2O15. The van der Waals surface area contributed by atoms with Crippen LogP contribution in [0.4, 0.5) is 0 Å². The van der Waals surface area contributed by atoms with Crippen LogP contribution >= 0.6 is 0 Å². The minimum Gasteiger partial charge on any atom is -0.465 e. The van der Waals surface area contributed by atoms with Crippen molar-refractivity contribution in [3.63, 3.8) is 0 Å². The van der Waals surface area contributed by atoms with Gasteiger partial charge in [0.1, 0.15) is 38.1 Å². The second-order valence-corrected chi connectivity index (χ2v) is 20.5. The summed E-state index contributed by atoms with van der Waals surface area (Å²) < 4.78 is 45.1. The quantitative estimate of drug-likeness (QED) is 0.0341. The van der Waals surface area contributed by atoms with Gasteiger partial charge in [0, 0.05) is 70.3 Å². The number of carbonyl (C=O) groups is 7. The van der Waals surface area contributed by atoms with Gasteiger partial charge in [-0.1, -0.05) is 131 Å². The molecule has 0 aliphatic carbocycles. The third-order valence-electron chi connectivity index (χ3n) is 13.0. The summed E-state index contributed by atoms with van der Waals surface area (Å²) in [6.07, 6.45) is 19.0. The summed E-state index contributed by atoms with van der Waals surface area (Å²) in [5.41, 5.74) is -1.03. The van der Waals surface area contributed by atoms with Crippen LogP contribution in [-0.2, 0) is 71.5 Å². The summed E-state index contributed by atoms with van der Waals surface area (Å²) in [5.74, 6) is -2.98. The van der Waals surface area contributed by atoms with Crippen molar-refractivity contribution in [2.24, 2.45) is 5.41 Å². The molecule has 0 aromatic heterocycles. The number of hydrogen-bond acceptors (Lipinski definition) is 16. The van der Waals surface area contributed by atoms with Crippen LogP contribution in [0.1, 0.15) is 228 Å². The third-order valence-corrected chi connectivity index (χ3v) is 13.0. The number of carbonyl (C=O) groups excluding carboxylic acids is 7. The van der Waals surface area contributed by atoms with Crippen molar-refractivity contribution < 1.29 is 71.5 Å². The first-order valence-corrected chi connectivity index (χ1v) is 28.9. The Hall–Kier alpha value is -3.83. The van der Waals surface area contributed by atoms with Gasteiger partial charge >= 0.3 is 35.8 Å². The Bertz CT molecular complexity index is 1500. The summed E-state index contributed by atoms with van der Waals surface area (Å²) in [7, 11) is 0. The maximum absolute atomic E-state index is 13.7. The van der Waals surface area contributed by atoms with Gasteiger partial charge < -0.3 is 43.2 Å². The molecule has 0 spiro atoms. The average Bonchev–Trinajstić information content (AvgIpc) is 3.37. The number of unbranched alkanes of at least 4 members (excludes halogenated alkanes) is 15. The molecule has 74 heavy (non-hydrogen) atoms. The fourth-order valence-corrected chi connectivity index (χ4v) is 8.29. The Morgan fingerprint density at radius 2 is 0.919 bits per heavy atom. The van der Waals surface area contributed by atoms with E-state index in [1.165, 1.54) is 0 Å². The van der Waals surface area contributed by atoms with E-state index in [0.29, 0.717) is 58.3 Å². The number of hydrogen-bond donors (Lipinski definition) is 1. The zero-order valence-corrected chi connectivity index (χ0v) is 47.1. The Labute approximate surface area is 446 Å². The number of amides is 1. The molecule has 0 radical (unpaired) electrons. The Balaban J connectivity index is 2.76. The van der Waals surface area contributed by atoms with Gasteiger partial charge in [-0.05, 0) is 57.8 Å². The minimum atomic E-state index is -1.10. The van der Waals surface area contributed by atoms with E-state index in [0.717, 1.165) is 129 Å². The molecule has 430 valence electrons. The Morgan fingerprint density at radius 1 is 0.486 bits per heavy atom. The van der Waals surface area contributed by atoms with Crippen molar-refractivity contribution in [2.75, 3.05) is 72.4 Å². The highest BCUT2D eigenvalue weighted by Gasteiger charge is 2.37. The lowest BCUT2D eigenvalue weighted by Gasteiger charge is -2.32. The topological polar surface area (TPSA) is 209 Å². The van der Waals surface area contributed by atoms with Gasteiger partial charge in [-0.3, -0.25) is 38.5 Å². The van der Waals surface area contributed by atoms with Crippen LogP contribution < -0.4 is 5.32 Å². The van der Waals surface area contributed by atoms with Gasteiger partial charge in [-0.2, -0.15) is 0 Å². The van der Waals surface area contributed by atoms with E-state index in [4.69, 9.17) is 37.9 Å². The molecule has 3 atom stereocenters. The first-order chi connectivity index (χ1) is 35.7. The Kier molecular flexibility index (Phi) is 41.8.